The number of carbonyl (C=O) groups is 1. The van der Waals surface area contributed by atoms with Crippen LogP contribution in [0.2, 0.25) is 0 Å². The van der Waals surface area contributed by atoms with E-state index in [1.807, 2.05) is 11.8 Å². The molecule has 1 aliphatic rings. The Bertz CT molecular complexity index is 545. The van der Waals surface area contributed by atoms with Gasteiger partial charge in [0.2, 0.25) is 0 Å². The third-order valence-electron chi connectivity index (χ3n) is 3.13. The maximum atomic E-state index is 13.7. The molecule has 1 amide bonds. The maximum absolute atomic E-state index is 13.7. The van der Waals surface area contributed by atoms with Crippen LogP contribution < -0.4 is 11.1 Å². The van der Waals surface area contributed by atoms with Gasteiger partial charge in [-0.05, 0) is 42.0 Å². The lowest BCUT2D eigenvalue weighted by molar-refractivity contribution is 0.0948. The van der Waals surface area contributed by atoms with E-state index >= 15 is 0 Å². The highest BCUT2D eigenvalue weighted by atomic mass is 32.2. The van der Waals surface area contributed by atoms with E-state index in [0.29, 0.717) is 18.0 Å². The molecule has 0 spiro atoms. The molecule has 1 atom stereocenters. The Kier molecular flexibility index (Phi) is 5.45. The molecular weight excluding hydrogens is 275 g/mol. The molecule has 1 aliphatic heterocycles. The largest absolute Gasteiger partial charge is 0.352 e. The summed E-state index contributed by atoms with van der Waals surface area (Å²) in [6.07, 6.45) is 1.13. The summed E-state index contributed by atoms with van der Waals surface area (Å²) in [6, 6.07) is 4.32. The van der Waals surface area contributed by atoms with Gasteiger partial charge in [0.05, 0.1) is 12.1 Å². The molecule has 2 rings (SSSR count). The van der Waals surface area contributed by atoms with Gasteiger partial charge in [0.15, 0.2) is 0 Å². The van der Waals surface area contributed by atoms with Gasteiger partial charge in [-0.3, -0.25) is 4.79 Å². The van der Waals surface area contributed by atoms with Gasteiger partial charge in [0, 0.05) is 12.1 Å². The molecule has 0 bridgehead atoms. The first-order chi connectivity index (χ1) is 9.70. The van der Waals surface area contributed by atoms with Crippen LogP contribution in [0, 0.1) is 23.6 Å². The summed E-state index contributed by atoms with van der Waals surface area (Å²) in [6.45, 7) is 0.837. The van der Waals surface area contributed by atoms with Gasteiger partial charge in [0.25, 0.3) is 5.91 Å². The summed E-state index contributed by atoms with van der Waals surface area (Å²) in [7, 11) is 0. The predicted octanol–water partition coefficient (Wildman–Crippen LogP) is 1.62. The van der Waals surface area contributed by atoms with Crippen molar-refractivity contribution in [1.82, 2.24) is 5.32 Å². The molecule has 0 radical (unpaired) electrons. The van der Waals surface area contributed by atoms with Gasteiger partial charge in [-0.2, -0.15) is 11.8 Å². The van der Waals surface area contributed by atoms with Crippen LogP contribution in [-0.4, -0.2) is 30.5 Å². The van der Waals surface area contributed by atoms with Crippen LogP contribution in [0.4, 0.5) is 4.39 Å². The molecule has 1 aromatic carbocycles. The number of halogens is 1. The van der Waals surface area contributed by atoms with Gasteiger partial charge in [-0.1, -0.05) is 11.8 Å². The van der Waals surface area contributed by atoms with E-state index in [2.05, 4.69) is 17.2 Å². The molecule has 0 saturated carbocycles. The van der Waals surface area contributed by atoms with E-state index in [4.69, 9.17) is 5.73 Å². The van der Waals surface area contributed by atoms with Gasteiger partial charge < -0.3 is 11.1 Å². The predicted molar refractivity (Wildman–Crippen MR) is 80.1 cm³/mol. The number of rotatable bonds is 3. The van der Waals surface area contributed by atoms with Crippen molar-refractivity contribution in [2.24, 2.45) is 11.7 Å². The summed E-state index contributed by atoms with van der Waals surface area (Å²) in [5.41, 5.74) is 5.83. The van der Waals surface area contributed by atoms with E-state index < -0.39 is 5.82 Å². The van der Waals surface area contributed by atoms with Crippen molar-refractivity contribution in [3.63, 3.8) is 0 Å². The van der Waals surface area contributed by atoms with E-state index in [-0.39, 0.29) is 18.0 Å². The smallest absolute Gasteiger partial charge is 0.251 e. The fourth-order valence-corrected chi connectivity index (χ4v) is 3.27. The second-order valence-corrected chi connectivity index (χ2v) is 5.79. The third-order valence-corrected chi connectivity index (χ3v) is 4.36. The molecule has 1 fully saturated rings. The molecule has 3 nitrogen and oxygen atoms in total. The Balaban J connectivity index is 1.97. The normalized spacial score (nSPS) is 17.4. The van der Waals surface area contributed by atoms with Crippen LogP contribution in [-0.2, 0) is 0 Å². The number of benzene rings is 1. The van der Waals surface area contributed by atoms with Crippen molar-refractivity contribution in [2.75, 3.05) is 24.6 Å². The first kappa shape index (κ1) is 14.9. The summed E-state index contributed by atoms with van der Waals surface area (Å²) < 4.78 is 13.7. The number of hydrogen-bond donors (Lipinski definition) is 2. The summed E-state index contributed by atoms with van der Waals surface area (Å²) in [5, 5.41) is 2.86. The lowest BCUT2D eigenvalue weighted by Crippen LogP contribution is -2.29. The monoisotopic (exact) mass is 292 g/mol. The van der Waals surface area contributed by atoms with Crippen LogP contribution in [0.3, 0.4) is 0 Å². The average molecular weight is 292 g/mol. The van der Waals surface area contributed by atoms with Crippen molar-refractivity contribution in [1.29, 1.82) is 0 Å². The Hall–Kier alpha value is -1.51. The Morgan fingerprint density at radius 2 is 2.40 bits per heavy atom. The van der Waals surface area contributed by atoms with Crippen molar-refractivity contribution >= 4 is 17.7 Å². The molecule has 0 aromatic heterocycles. The van der Waals surface area contributed by atoms with Gasteiger partial charge in [-0.25, -0.2) is 4.39 Å². The van der Waals surface area contributed by atoms with Crippen LogP contribution >= 0.6 is 11.8 Å². The number of thioether (sulfide) groups is 1. The molecule has 5 heteroatoms. The minimum atomic E-state index is -0.491. The molecule has 1 aromatic rings. The summed E-state index contributed by atoms with van der Waals surface area (Å²) in [4.78, 5) is 11.9. The Morgan fingerprint density at radius 1 is 1.55 bits per heavy atom. The SMILES string of the molecule is NCC#Cc1ccc(C(=O)NCC2CCSC2)cc1F. The molecule has 1 heterocycles. The van der Waals surface area contributed by atoms with Crippen molar-refractivity contribution in [3.05, 3.63) is 35.1 Å². The molecule has 1 unspecified atom stereocenters. The first-order valence-corrected chi connectivity index (χ1v) is 7.70. The number of hydrogen-bond acceptors (Lipinski definition) is 3. The maximum Gasteiger partial charge on any atom is 0.251 e. The number of nitrogens with one attached hydrogen (secondary N) is 1. The van der Waals surface area contributed by atoms with E-state index in [1.54, 1.807) is 6.07 Å². The zero-order valence-electron chi connectivity index (χ0n) is 11.1. The number of carbonyl (C=O) groups excluding carboxylic acids is 1. The second-order valence-electron chi connectivity index (χ2n) is 4.64. The Morgan fingerprint density at radius 3 is 3.05 bits per heavy atom. The zero-order valence-corrected chi connectivity index (χ0v) is 11.9. The highest BCUT2D eigenvalue weighted by Crippen LogP contribution is 2.22. The van der Waals surface area contributed by atoms with Crippen LogP contribution in [0.1, 0.15) is 22.3 Å². The first-order valence-electron chi connectivity index (χ1n) is 6.55. The lowest BCUT2D eigenvalue weighted by atomic mass is 10.1. The van der Waals surface area contributed by atoms with Gasteiger partial charge in [0.1, 0.15) is 5.82 Å². The Labute approximate surface area is 122 Å². The van der Waals surface area contributed by atoms with Gasteiger partial charge in [-0.15, -0.1) is 0 Å². The zero-order chi connectivity index (χ0) is 14.4. The van der Waals surface area contributed by atoms with Crippen LogP contribution in [0.5, 0.6) is 0 Å². The summed E-state index contributed by atoms with van der Waals surface area (Å²) >= 11 is 1.90. The van der Waals surface area contributed by atoms with E-state index in [0.717, 1.165) is 17.9 Å². The minimum Gasteiger partial charge on any atom is -0.352 e. The topological polar surface area (TPSA) is 55.1 Å². The molecular formula is C15H17FN2OS. The van der Waals surface area contributed by atoms with Crippen molar-refractivity contribution < 1.29 is 9.18 Å². The quantitative estimate of drug-likeness (QED) is 0.832. The highest BCUT2D eigenvalue weighted by Gasteiger charge is 2.17. The molecule has 0 aliphatic carbocycles. The van der Waals surface area contributed by atoms with Crippen LogP contribution in [0.15, 0.2) is 18.2 Å². The molecule has 20 heavy (non-hydrogen) atoms. The van der Waals surface area contributed by atoms with E-state index in [1.165, 1.54) is 12.1 Å². The fraction of sp³-hybridized carbons (Fsp3) is 0.400. The van der Waals surface area contributed by atoms with Crippen molar-refractivity contribution in [2.45, 2.75) is 6.42 Å². The van der Waals surface area contributed by atoms with Crippen LogP contribution in [0.25, 0.3) is 0 Å². The number of nitrogens with two attached hydrogens (primary N) is 1. The fourth-order valence-electron chi connectivity index (χ4n) is 1.99. The second kappa shape index (κ2) is 7.32. The standard InChI is InChI=1S/C15H17FN2OS/c16-14-8-13(4-3-12(14)2-1-6-17)15(19)18-9-11-5-7-20-10-11/h3-4,8,11H,5-7,9-10,17H2,(H,18,19). The highest BCUT2D eigenvalue weighted by molar-refractivity contribution is 7.99. The summed E-state index contributed by atoms with van der Waals surface area (Å²) in [5.74, 6) is 7.27. The average Bonchev–Trinajstić information content (AvgIpc) is 2.96. The third kappa shape index (κ3) is 3.99. The molecule has 3 N–H and O–H groups in total. The minimum absolute atomic E-state index is 0.182. The number of amides is 1. The van der Waals surface area contributed by atoms with Gasteiger partial charge >= 0.3 is 0 Å². The lowest BCUT2D eigenvalue weighted by Gasteiger charge is -2.10. The molecule has 106 valence electrons. The van der Waals surface area contributed by atoms with Crippen molar-refractivity contribution in [3.8, 4) is 11.8 Å². The van der Waals surface area contributed by atoms with E-state index in [9.17, 15) is 9.18 Å². The molecule has 1 saturated heterocycles.